The molecule has 1 N–H and O–H groups in total. The van der Waals surface area contributed by atoms with Gasteiger partial charge in [0, 0.05) is 23.3 Å². The van der Waals surface area contributed by atoms with Crippen LogP contribution in [-0.2, 0) is 6.54 Å². The second kappa shape index (κ2) is 5.57. The van der Waals surface area contributed by atoms with E-state index in [9.17, 15) is 9.50 Å². The molecule has 19 heavy (non-hydrogen) atoms. The van der Waals surface area contributed by atoms with Gasteiger partial charge in [0.2, 0.25) is 0 Å². The van der Waals surface area contributed by atoms with Gasteiger partial charge in [-0.15, -0.1) is 11.3 Å². The van der Waals surface area contributed by atoms with Crippen LogP contribution in [0.2, 0.25) is 0 Å². The van der Waals surface area contributed by atoms with Gasteiger partial charge in [0.1, 0.15) is 5.82 Å². The fourth-order valence-electron chi connectivity index (χ4n) is 2.15. The highest BCUT2D eigenvalue weighted by molar-refractivity contribution is 7.17. The Morgan fingerprint density at radius 3 is 2.68 bits per heavy atom. The van der Waals surface area contributed by atoms with Gasteiger partial charge < -0.3 is 5.11 Å². The lowest BCUT2D eigenvalue weighted by molar-refractivity contribution is 0.0989. The van der Waals surface area contributed by atoms with Crippen LogP contribution in [0.5, 0.6) is 0 Å². The van der Waals surface area contributed by atoms with Crippen molar-refractivity contribution in [1.29, 1.82) is 0 Å². The highest BCUT2D eigenvalue weighted by atomic mass is 32.1. The molecule has 1 aromatic heterocycles. The topological polar surface area (TPSA) is 23.5 Å². The molecule has 104 valence electrons. The summed E-state index contributed by atoms with van der Waals surface area (Å²) in [6, 6.07) is 4.92. The van der Waals surface area contributed by atoms with E-state index in [1.54, 1.807) is 17.4 Å². The van der Waals surface area contributed by atoms with Gasteiger partial charge in [0.05, 0.1) is 6.61 Å². The summed E-state index contributed by atoms with van der Waals surface area (Å²) in [5, 5.41) is 12.3. The fourth-order valence-corrected chi connectivity index (χ4v) is 3.09. The maximum absolute atomic E-state index is 13.4. The van der Waals surface area contributed by atoms with Crippen molar-refractivity contribution in [3.8, 4) is 0 Å². The van der Waals surface area contributed by atoms with Crippen LogP contribution in [0, 0.1) is 5.82 Å². The molecule has 0 aliphatic carbocycles. The zero-order valence-corrected chi connectivity index (χ0v) is 12.4. The molecule has 0 aliphatic heterocycles. The first kappa shape index (κ1) is 14.4. The predicted octanol–water partition coefficient (Wildman–Crippen LogP) is 3.63. The first-order valence-electron chi connectivity index (χ1n) is 6.43. The summed E-state index contributed by atoms with van der Waals surface area (Å²) < 4.78 is 14.5. The van der Waals surface area contributed by atoms with Crippen molar-refractivity contribution < 1.29 is 9.50 Å². The van der Waals surface area contributed by atoms with E-state index >= 15 is 0 Å². The number of aliphatic hydroxyl groups is 1. The van der Waals surface area contributed by atoms with E-state index in [1.165, 1.54) is 6.07 Å². The van der Waals surface area contributed by atoms with Gasteiger partial charge in [-0.2, -0.15) is 0 Å². The molecule has 2 rings (SSSR count). The van der Waals surface area contributed by atoms with Crippen LogP contribution in [0.1, 0.15) is 26.3 Å². The number of halogens is 1. The standard InChI is InChI=1S/C15H20FNOS/c1-15(2,3)17(6-7-18)9-11-10-19-14-5-4-12(16)8-13(11)14/h4-5,8,10,18H,6-7,9H2,1-3H3. The lowest BCUT2D eigenvalue weighted by atomic mass is 10.0. The Balaban J connectivity index is 2.31. The van der Waals surface area contributed by atoms with E-state index in [0.717, 1.165) is 22.2 Å². The van der Waals surface area contributed by atoms with Crippen molar-refractivity contribution in [1.82, 2.24) is 4.90 Å². The number of hydrogen-bond donors (Lipinski definition) is 1. The zero-order valence-electron chi connectivity index (χ0n) is 11.6. The molecule has 0 unspecified atom stereocenters. The minimum atomic E-state index is -0.198. The highest BCUT2D eigenvalue weighted by Crippen LogP contribution is 2.29. The van der Waals surface area contributed by atoms with Gasteiger partial charge in [-0.25, -0.2) is 4.39 Å². The first-order chi connectivity index (χ1) is 8.91. The maximum Gasteiger partial charge on any atom is 0.123 e. The molecule has 1 aromatic carbocycles. The number of aliphatic hydroxyl groups excluding tert-OH is 1. The smallest absolute Gasteiger partial charge is 0.123 e. The summed E-state index contributed by atoms with van der Waals surface area (Å²) in [6.07, 6.45) is 0. The van der Waals surface area contributed by atoms with Crippen molar-refractivity contribution in [2.24, 2.45) is 0 Å². The van der Waals surface area contributed by atoms with Crippen LogP contribution < -0.4 is 0 Å². The summed E-state index contributed by atoms with van der Waals surface area (Å²) in [6.45, 7) is 7.85. The largest absolute Gasteiger partial charge is 0.395 e. The van der Waals surface area contributed by atoms with Crippen LogP contribution in [-0.4, -0.2) is 28.7 Å². The SMILES string of the molecule is CC(C)(C)N(CCO)Cc1csc2ccc(F)cc12. The highest BCUT2D eigenvalue weighted by Gasteiger charge is 2.21. The second-order valence-electron chi connectivity index (χ2n) is 5.72. The van der Waals surface area contributed by atoms with Crippen molar-refractivity contribution >= 4 is 21.4 Å². The summed E-state index contributed by atoms with van der Waals surface area (Å²) in [5.41, 5.74) is 1.10. The average molecular weight is 281 g/mol. The number of nitrogens with zero attached hydrogens (tertiary/aromatic N) is 1. The maximum atomic E-state index is 13.4. The molecule has 0 fully saturated rings. The van der Waals surface area contributed by atoms with Crippen LogP contribution in [0.25, 0.3) is 10.1 Å². The van der Waals surface area contributed by atoms with Crippen LogP contribution in [0.4, 0.5) is 4.39 Å². The van der Waals surface area contributed by atoms with Crippen LogP contribution in [0.3, 0.4) is 0 Å². The molecule has 0 saturated carbocycles. The van der Waals surface area contributed by atoms with Crippen LogP contribution >= 0.6 is 11.3 Å². The van der Waals surface area contributed by atoms with Gasteiger partial charge in [0.25, 0.3) is 0 Å². The number of β-amino-alcohol motifs (C(OH)–C–C–N with tert-alkyl or cyclic N) is 1. The Kier molecular flexibility index (Phi) is 4.23. The minimum absolute atomic E-state index is 0.0235. The van der Waals surface area contributed by atoms with Crippen molar-refractivity contribution in [2.45, 2.75) is 32.9 Å². The molecule has 0 atom stereocenters. The summed E-state index contributed by atoms with van der Waals surface area (Å²) in [5.74, 6) is -0.198. The third kappa shape index (κ3) is 3.32. The molecule has 4 heteroatoms. The molecular formula is C15H20FNOS. The lowest BCUT2D eigenvalue weighted by Crippen LogP contribution is -2.42. The lowest BCUT2D eigenvalue weighted by Gasteiger charge is -2.35. The fraction of sp³-hybridized carbons (Fsp3) is 0.467. The molecule has 2 aromatic rings. The van der Waals surface area contributed by atoms with E-state index in [2.05, 4.69) is 31.1 Å². The van der Waals surface area contributed by atoms with Gasteiger partial charge in [-0.1, -0.05) is 0 Å². The van der Waals surface area contributed by atoms with E-state index in [1.807, 2.05) is 6.07 Å². The third-order valence-corrected chi connectivity index (χ3v) is 4.31. The molecule has 0 amide bonds. The molecule has 0 bridgehead atoms. The number of hydrogen-bond acceptors (Lipinski definition) is 3. The Bertz CT molecular complexity index is 559. The molecule has 0 radical (unpaired) electrons. The minimum Gasteiger partial charge on any atom is -0.395 e. The predicted molar refractivity (Wildman–Crippen MR) is 79.0 cm³/mol. The van der Waals surface area contributed by atoms with Gasteiger partial charge in [0.15, 0.2) is 0 Å². The van der Waals surface area contributed by atoms with Crippen LogP contribution in [0.15, 0.2) is 23.6 Å². The second-order valence-corrected chi connectivity index (χ2v) is 6.63. The van der Waals surface area contributed by atoms with Crippen molar-refractivity contribution in [3.05, 3.63) is 35.0 Å². The number of rotatable bonds is 4. The summed E-state index contributed by atoms with van der Waals surface area (Å²) >= 11 is 1.64. The summed E-state index contributed by atoms with van der Waals surface area (Å²) in [7, 11) is 0. The zero-order chi connectivity index (χ0) is 14.0. The van der Waals surface area contributed by atoms with Crippen molar-refractivity contribution in [3.63, 3.8) is 0 Å². The number of fused-ring (bicyclic) bond motifs is 1. The molecular weight excluding hydrogens is 261 g/mol. The van der Waals surface area contributed by atoms with E-state index in [-0.39, 0.29) is 18.0 Å². The van der Waals surface area contributed by atoms with E-state index < -0.39 is 0 Å². The Labute approximate surface area is 117 Å². The number of thiophene rings is 1. The van der Waals surface area contributed by atoms with Gasteiger partial charge >= 0.3 is 0 Å². The molecule has 0 saturated heterocycles. The third-order valence-electron chi connectivity index (χ3n) is 3.30. The van der Waals surface area contributed by atoms with E-state index in [4.69, 9.17) is 0 Å². The summed E-state index contributed by atoms with van der Waals surface area (Å²) in [4.78, 5) is 2.21. The van der Waals surface area contributed by atoms with E-state index in [0.29, 0.717) is 6.54 Å². The number of benzene rings is 1. The molecule has 2 nitrogen and oxygen atoms in total. The molecule has 0 aliphatic rings. The first-order valence-corrected chi connectivity index (χ1v) is 7.31. The quantitative estimate of drug-likeness (QED) is 0.925. The Morgan fingerprint density at radius 1 is 1.32 bits per heavy atom. The average Bonchev–Trinajstić information content (AvgIpc) is 2.70. The Morgan fingerprint density at radius 2 is 2.05 bits per heavy atom. The van der Waals surface area contributed by atoms with Gasteiger partial charge in [-0.05, 0) is 55.3 Å². The Hall–Kier alpha value is -0.970. The molecule has 0 spiro atoms. The van der Waals surface area contributed by atoms with Crippen molar-refractivity contribution in [2.75, 3.05) is 13.2 Å². The van der Waals surface area contributed by atoms with Gasteiger partial charge in [-0.3, -0.25) is 4.90 Å². The monoisotopic (exact) mass is 281 g/mol. The molecule has 1 heterocycles. The normalized spacial score (nSPS) is 12.5.